The summed E-state index contributed by atoms with van der Waals surface area (Å²) in [6, 6.07) is 15.0. The first-order valence-electron chi connectivity index (χ1n) is 8.05. The van der Waals surface area contributed by atoms with Gasteiger partial charge in [-0.3, -0.25) is 9.59 Å². The van der Waals surface area contributed by atoms with Gasteiger partial charge in [-0.15, -0.1) is 0 Å². The predicted octanol–water partition coefficient (Wildman–Crippen LogP) is 3.13. The molecule has 0 atom stereocenters. The molecule has 24 heavy (non-hydrogen) atoms. The van der Waals surface area contributed by atoms with Crippen molar-refractivity contribution >= 4 is 12.6 Å². The first-order valence-corrected chi connectivity index (χ1v) is 8.05. The van der Waals surface area contributed by atoms with E-state index >= 15 is 0 Å². The number of rotatable bonds is 11. The Morgan fingerprint density at radius 3 is 1.29 bits per heavy atom. The van der Waals surface area contributed by atoms with E-state index in [1.165, 1.54) is 0 Å². The largest absolute Gasteiger partial charge is 0.379 e. The predicted molar refractivity (Wildman–Crippen MR) is 92.7 cm³/mol. The highest BCUT2D eigenvalue weighted by Crippen LogP contribution is 2.04. The van der Waals surface area contributed by atoms with Gasteiger partial charge in [0.2, 0.25) is 0 Å². The van der Waals surface area contributed by atoms with E-state index in [0.29, 0.717) is 37.6 Å². The van der Waals surface area contributed by atoms with Gasteiger partial charge in [0.05, 0.1) is 26.4 Å². The molecule has 0 radical (unpaired) electrons. The quantitative estimate of drug-likeness (QED) is 0.470. The van der Waals surface area contributed by atoms with Crippen LogP contribution in [0.25, 0.3) is 0 Å². The zero-order valence-electron chi connectivity index (χ0n) is 13.6. The number of ether oxygens (including phenoxy) is 2. The molecule has 0 aliphatic heterocycles. The fraction of sp³-hybridized carbons (Fsp3) is 0.300. The van der Waals surface area contributed by atoms with Crippen LogP contribution < -0.4 is 0 Å². The van der Waals surface area contributed by atoms with Crippen LogP contribution in [-0.2, 0) is 22.3 Å². The van der Waals surface area contributed by atoms with Crippen LogP contribution in [0.2, 0.25) is 0 Å². The Hall–Kier alpha value is -2.30. The lowest BCUT2D eigenvalue weighted by atomic mass is 10.1. The summed E-state index contributed by atoms with van der Waals surface area (Å²) in [4.78, 5) is 21.1. The summed E-state index contributed by atoms with van der Waals surface area (Å²) in [5.74, 6) is 0. The fourth-order valence-electron chi connectivity index (χ4n) is 2.23. The maximum Gasteiger partial charge on any atom is 0.150 e. The first kappa shape index (κ1) is 18.0. The van der Waals surface area contributed by atoms with Crippen molar-refractivity contribution in [2.45, 2.75) is 12.8 Å². The Kier molecular flexibility index (Phi) is 7.87. The second kappa shape index (κ2) is 10.5. The Balaban J connectivity index is 1.50. The Labute approximate surface area is 142 Å². The van der Waals surface area contributed by atoms with E-state index in [4.69, 9.17) is 9.47 Å². The molecule has 0 saturated carbocycles. The van der Waals surface area contributed by atoms with E-state index in [2.05, 4.69) is 0 Å². The lowest BCUT2D eigenvalue weighted by molar-refractivity contribution is 0.0501. The van der Waals surface area contributed by atoms with Gasteiger partial charge in [0, 0.05) is 11.1 Å². The molecule has 0 aromatic heterocycles. The molecule has 0 saturated heterocycles. The van der Waals surface area contributed by atoms with E-state index in [0.717, 1.165) is 36.5 Å². The molecule has 4 nitrogen and oxygen atoms in total. The normalized spacial score (nSPS) is 10.5. The van der Waals surface area contributed by atoms with E-state index in [-0.39, 0.29) is 0 Å². The summed E-state index contributed by atoms with van der Waals surface area (Å²) in [5, 5.41) is 0. The molecule has 0 N–H and O–H groups in total. The van der Waals surface area contributed by atoms with Gasteiger partial charge in [0.15, 0.2) is 0 Å². The number of benzene rings is 2. The number of aldehydes is 2. The van der Waals surface area contributed by atoms with Gasteiger partial charge >= 0.3 is 0 Å². The van der Waals surface area contributed by atoms with Crippen LogP contribution in [0.1, 0.15) is 31.8 Å². The number of hydrogen-bond acceptors (Lipinski definition) is 4. The molecule has 4 heteroatoms. The Morgan fingerprint density at radius 1 is 0.583 bits per heavy atom. The molecule has 0 spiro atoms. The van der Waals surface area contributed by atoms with Gasteiger partial charge < -0.3 is 9.47 Å². The van der Waals surface area contributed by atoms with Gasteiger partial charge in [-0.25, -0.2) is 0 Å². The molecular formula is C20H22O4. The van der Waals surface area contributed by atoms with Crippen LogP contribution in [0.5, 0.6) is 0 Å². The molecule has 0 bridgehead atoms. The van der Waals surface area contributed by atoms with Crippen molar-refractivity contribution in [3.05, 3.63) is 70.8 Å². The third kappa shape index (κ3) is 6.44. The molecule has 0 heterocycles. The first-order chi connectivity index (χ1) is 11.8. The Morgan fingerprint density at radius 2 is 0.958 bits per heavy atom. The second-order valence-corrected chi connectivity index (χ2v) is 5.44. The fourth-order valence-corrected chi connectivity index (χ4v) is 2.23. The van der Waals surface area contributed by atoms with Crippen molar-refractivity contribution in [1.29, 1.82) is 0 Å². The molecule has 0 aliphatic carbocycles. The summed E-state index contributed by atoms with van der Waals surface area (Å²) in [7, 11) is 0. The van der Waals surface area contributed by atoms with Crippen LogP contribution >= 0.6 is 0 Å². The van der Waals surface area contributed by atoms with Gasteiger partial charge in [0.25, 0.3) is 0 Å². The van der Waals surface area contributed by atoms with Crippen LogP contribution in [0.3, 0.4) is 0 Å². The molecule has 2 aromatic carbocycles. The number of carbonyl (C=O) groups is 2. The second-order valence-electron chi connectivity index (χ2n) is 5.44. The van der Waals surface area contributed by atoms with Gasteiger partial charge in [-0.1, -0.05) is 48.5 Å². The molecular weight excluding hydrogens is 304 g/mol. The highest BCUT2D eigenvalue weighted by Gasteiger charge is 1.97. The average molecular weight is 326 g/mol. The minimum atomic E-state index is 0.566. The van der Waals surface area contributed by atoms with E-state index in [9.17, 15) is 9.59 Å². The van der Waals surface area contributed by atoms with Crippen molar-refractivity contribution in [1.82, 2.24) is 0 Å². The summed E-state index contributed by atoms with van der Waals surface area (Å²) in [6.07, 6.45) is 3.33. The van der Waals surface area contributed by atoms with Crippen molar-refractivity contribution in [3.8, 4) is 0 Å². The van der Waals surface area contributed by atoms with Crippen molar-refractivity contribution in [3.63, 3.8) is 0 Å². The van der Waals surface area contributed by atoms with Gasteiger partial charge in [0.1, 0.15) is 12.6 Å². The standard InChI is InChI=1S/C20H22O4/c21-15-19-5-1-17(2-6-19)9-11-23-13-14-24-12-10-18-3-7-20(16-22)8-4-18/h1-8,15-16H,9-14H2. The number of hydrogen-bond donors (Lipinski definition) is 0. The maximum atomic E-state index is 10.6. The van der Waals surface area contributed by atoms with E-state index in [1.807, 2.05) is 48.5 Å². The third-order valence-electron chi connectivity index (χ3n) is 3.67. The highest BCUT2D eigenvalue weighted by atomic mass is 16.5. The SMILES string of the molecule is O=Cc1ccc(CCOCCOCCc2ccc(C=O)cc2)cc1. The van der Waals surface area contributed by atoms with Crippen LogP contribution in [-0.4, -0.2) is 39.0 Å². The summed E-state index contributed by atoms with van der Waals surface area (Å²) in [5.41, 5.74) is 3.68. The zero-order chi connectivity index (χ0) is 17.0. The minimum Gasteiger partial charge on any atom is -0.379 e. The molecule has 2 aromatic rings. The van der Waals surface area contributed by atoms with Crippen LogP contribution in [0.4, 0.5) is 0 Å². The molecule has 0 fully saturated rings. The van der Waals surface area contributed by atoms with Gasteiger partial charge in [-0.2, -0.15) is 0 Å². The summed E-state index contributed by atoms with van der Waals surface area (Å²) < 4.78 is 11.1. The molecule has 2 rings (SSSR count). The molecule has 0 amide bonds. The van der Waals surface area contributed by atoms with E-state index < -0.39 is 0 Å². The smallest absolute Gasteiger partial charge is 0.150 e. The van der Waals surface area contributed by atoms with Gasteiger partial charge in [-0.05, 0) is 24.0 Å². The monoisotopic (exact) mass is 326 g/mol. The van der Waals surface area contributed by atoms with E-state index in [1.54, 1.807) is 0 Å². The summed E-state index contributed by atoms with van der Waals surface area (Å²) in [6.45, 7) is 2.40. The zero-order valence-corrected chi connectivity index (χ0v) is 13.6. The van der Waals surface area contributed by atoms with Crippen molar-refractivity contribution < 1.29 is 19.1 Å². The molecule has 0 unspecified atom stereocenters. The lowest BCUT2D eigenvalue weighted by Gasteiger charge is -2.06. The Bertz CT molecular complexity index is 560. The lowest BCUT2D eigenvalue weighted by Crippen LogP contribution is -2.08. The van der Waals surface area contributed by atoms with Crippen molar-refractivity contribution in [2.24, 2.45) is 0 Å². The highest BCUT2D eigenvalue weighted by molar-refractivity contribution is 5.75. The number of carbonyl (C=O) groups excluding carboxylic acids is 2. The average Bonchev–Trinajstić information content (AvgIpc) is 2.65. The van der Waals surface area contributed by atoms with Crippen LogP contribution in [0.15, 0.2) is 48.5 Å². The minimum absolute atomic E-state index is 0.566. The molecule has 0 aliphatic rings. The topological polar surface area (TPSA) is 52.6 Å². The third-order valence-corrected chi connectivity index (χ3v) is 3.67. The maximum absolute atomic E-state index is 10.6. The van der Waals surface area contributed by atoms with Crippen molar-refractivity contribution in [2.75, 3.05) is 26.4 Å². The summed E-state index contributed by atoms with van der Waals surface area (Å²) >= 11 is 0. The molecule has 126 valence electrons. The van der Waals surface area contributed by atoms with Crippen LogP contribution in [0, 0.1) is 0 Å².